The monoisotopic (exact) mass is 748 g/mol. The lowest BCUT2D eigenvalue weighted by Gasteiger charge is -2.50. The summed E-state index contributed by atoms with van der Waals surface area (Å²) in [5, 5.41) is 0. The zero-order valence-electron chi connectivity index (χ0n) is 26.9. The van der Waals surface area contributed by atoms with Crippen molar-refractivity contribution < 1.29 is 41.4 Å². The molecule has 0 radical (unpaired) electrons. The van der Waals surface area contributed by atoms with E-state index in [1.165, 1.54) is 23.1 Å². The molecule has 3 heterocycles. The number of ether oxygens (including phenoxy) is 3. The number of methoxy groups -OCH3 is 1. The Morgan fingerprint density at radius 1 is 1.08 bits per heavy atom. The minimum atomic E-state index is -4.82. The molecule has 0 saturated carbocycles. The molecule has 2 aliphatic rings. The fraction of sp³-hybridized carbons (Fsp3) is 0.400. The molecule has 2 fully saturated rings. The number of carbonyl (C=O) groups is 2. The van der Waals surface area contributed by atoms with E-state index >= 15 is 0 Å². The lowest BCUT2D eigenvalue weighted by Crippen LogP contribution is -2.69. The predicted octanol–water partition coefficient (Wildman–Crippen LogP) is 6.37. The molecule has 49 heavy (non-hydrogen) atoms. The van der Waals surface area contributed by atoms with Crippen LogP contribution in [0.25, 0.3) is 0 Å². The summed E-state index contributed by atoms with van der Waals surface area (Å²) in [6.45, 7) is 6.11. The molecule has 0 aliphatic carbocycles. The number of aromatic nitrogens is 1. The smallest absolute Gasteiger partial charge is 0.417 e. The van der Waals surface area contributed by atoms with Crippen molar-refractivity contribution in [1.29, 1.82) is 0 Å². The Kier molecular flexibility index (Phi) is 11.5. The average molecular weight is 750 g/mol. The Morgan fingerprint density at radius 2 is 1.84 bits per heavy atom. The third-order valence-corrected chi connectivity index (χ3v) is 9.38. The molecule has 2 atom stereocenters. The van der Waals surface area contributed by atoms with Crippen LogP contribution in [0, 0.1) is 5.82 Å². The zero-order chi connectivity index (χ0) is 35.2. The number of amides is 2. The second-order valence-corrected chi connectivity index (χ2v) is 12.6. The van der Waals surface area contributed by atoms with Crippen molar-refractivity contribution in [3.63, 3.8) is 0 Å². The highest BCUT2D eigenvalue weighted by Gasteiger charge is 2.55. The molecule has 9 nitrogen and oxygen atoms in total. The van der Waals surface area contributed by atoms with Crippen LogP contribution in [0.4, 0.5) is 23.2 Å². The van der Waals surface area contributed by atoms with Crippen molar-refractivity contribution in [2.75, 3.05) is 57.9 Å². The first-order valence-corrected chi connectivity index (χ1v) is 16.6. The van der Waals surface area contributed by atoms with E-state index in [1.807, 2.05) is 24.3 Å². The van der Waals surface area contributed by atoms with E-state index in [0.717, 1.165) is 30.2 Å². The second-order valence-electron chi connectivity index (χ2n) is 11.7. The van der Waals surface area contributed by atoms with Crippen LogP contribution in [0.3, 0.4) is 0 Å². The van der Waals surface area contributed by atoms with Crippen LogP contribution in [0.5, 0.6) is 11.5 Å². The number of alkyl halides is 3. The molecular weight excluding hydrogens is 712 g/mol. The first kappa shape index (κ1) is 36.1. The van der Waals surface area contributed by atoms with Gasteiger partial charge in [-0.15, -0.1) is 6.58 Å². The molecule has 0 N–H and O–H groups in total. The summed E-state index contributed by atoms with van der Waals surface area (Å²) in [7, 11) is 1.59. The normalized spacial score (nSPS) is 19.8. The molecule has 3 aromatic rings. The number of benzene rings is 2. The van der Waals surface area contributed by atoms with E-state index in [4.69, 9.17) is 14.2 Å². The summed E-state index contributed by atoms with van der Waals surface area (Å²) < 4.78 is 74.4. The molecule has 2 saturated heterocycles. The fourth-order valence-electron chi connectivity index (χ4n) is 6.43. The number of hydrogen-bond acceptors (Lipinski definition) is 7. The Balaban J connectivity index is 1.48. The first-order chi connectivity index (χ1) is 23.5. The Bertz CT molecular complexity index is 1650. The van der Waals surface area contributed by atoms with Gasteiger partial charge in [-0.1, -0.05) is 18.2 Å². The van der Waals surface area contributed by atoms with E-state index in [1.54, 1.807) is 12.0 Å². The van der Waals surface area contributed by atoms with Gasteiger partial charge in [0.1, 0.15) is 23.9 Å². The highest BCUT2D eigenvalue weighted by atomic mass is 79.9. The van der Waals surface area contributed by atoms with Gasteiger partial charge < -0.3 is 28.9 Å². The molecule has 0 bridgehead atoms. The summed E-state index contributed by atoms with van der Waals surface area (Å²) in [6.07, 6.45) is -1.09. The van der Waals surface area contributed by atoms with Crippen molar-refractivity contribution in [2.24, 2.45) is 0 Å². The van der Waals surface area contributed by atoms with E-state index in [9.17, 15) is 27.2 Å². The number of piperazine rings is 1. The minimum absolute atomic E-state index is 0.0181. The quantitative estimate of drug-likeness (QED) is 0.128. The third kappa shape index (κ3) is 7.85. The Hall–Kier alpha value is -4.17. The molecule has 2 unspecified atom stereocenters. The summed E-state index contributed by atoms with van der Waals surface area (Å²) >= 11 is 3.13. The second kappa shape index (κ2) is 15.6. The molecule has 5 rings (SSSR count). The Labute approximate surface area is 290 Å². The van der Waals surface area contributed by atoms with Gasteiger partial charge in [0.15, 0.2) is 0 Å². The van der Waals surface area contributed by atoms with E-state index in [0.29, 0.717) is 32.1 Å². The highest BCUT2D eigenvalue weighted by Crippen LogP contribution is 2.40. The summed E-state index contributed by atoms with van der Waals surface area (Å²) in [5.74, 6) is -1.31. The van der Waals surface area contributed by atoms with Gasteiger partial charge in [0.05, 0.1) is 33.9 Å². The van der Waals surface area contributed by atoms with Gasteiger partial charge in [-0.05, 0) is 59.1 Å². The highest BCUT2D eigenvalue weighted by molar-refractivity contribution is 9.10. The molecule has 14 heteroatoms. The number of anilines is 1. The standard InChI is InChI=1S/C35H37BrF4N4O5/c1-3-7-31-34(49-24-10-11-27(36)28(37)22-24,13-6-15-44(31)32(45)25-23-41-14-12-26(25)35(38,39)40)33(46)43-18-16-42(17-19-43)29-8-4-5-9-30(29)48-21-20-47-2/h3-5,8-12,14,22-23,31H,1,6-7,13,15-21H2,2H3. The lowest BCUT2D eigenvalue weighted by molar-refractivity contribution is -0.159. The number of halogens is 5. The van der Waals surface area contributed by atoms with E-state index in [2.05, 4.69) is 32.4 Å². The van der Waals surface area contributed by atoms with Gasteiger partial charge in [-0.25, -0.2) is 4.39 Å². The molecule has 2 aromatic carbocycles. The van der Waals surface area contributed by atoms with E-state index in [-0.39, 0.29) is 49.1 Å². The van der Waals surface area contributed by atoms with Crippen LogP contribution in [-0.4, -0.2) is 91.3 Å². The van der Waals surface area contributed by atoms with Crippen LogP contribution in [0.15, 0.2) is 78.1 Å². The minimum Gasteiger partial charge on any atom is -0.489 e. The summed E-state index contributed by atoms with van der Waals surface area (Å²) in [5.41, 5.74) is -2.68. The number of piperidine rings is 1. The number of pyridine rings is 1. The zero-order valence-corrected chi connectivity index (χ0v) is 28.5. The lowest BCUT2D eigenvalue weighted by atomic mass is 9.80. The van der Waals surface area contributed by atoms with Crippen LogP contribution in [0.2, 0.25) is 0 Å². The van der Waals surface area contributed by atoms with Gasteiger partial charge in [-0.2, -0.15) is 13.2 Å². The first-order valence-electron chi connectivity index (χ1n) is 15.8. The number of rotatable bonds is 11. The summed E-state index contributed by atoms with van der Waals surface area (Å²) in [6, 6.07) is 11.3. The molecule has 2 aliphatic heterocycles. The number of likely N-dealkylation sites (tertiary alicyclic amines) is 1. The maximum Gasteiger partial charge on any atom is 0.417 e. The van der Waals surface area contributed by atoms with Crippen molar-refractivity contribution in [3.8, 4) is 11.5 Å². The topological polar surface area (TPSA) is 84.4 Å². The number of nitrogens with zero attached hydrogens (tertiary/aromatic N) is 4. The maximum absolute atomic E-state index is 14.8. The van der Waals surface area contributed by atoms with Crippen molar-refractivity contribution in [3.05, 3.63) is 95.0 Å². The van der Waals surface area contributed by atoms with E-state index < -0.39 is 46.6 Å². The molecule has 1 aromatic heterocycles. The molecule has 262 valence electrons. The van der Waals surface area contributed by atoms with Crippen molar-refractivity contribution >= 4 is 33.4 Å². The van der Waals surface area contributed by atoms with Gasteiger partial charge in [0.2, 0.25) is 5.60 Å². The van der Waals surface area contributed by atoms with Crippen LogP contribution >= 0.6 is 15.9 Å². The Morgan fingerprint density at radius 3 is 2.53 bits per heavy atom. The molecule has 0 spiro atoms. The van der Waals surface area contributed by atoms with Gasteiger partial charge in [-0.3, -0.25) is 14.6 Å². The van der Waals surface area contributed by atoms with Gasteiger partial charge >= 0.3 is 6.18 Å². The maximum atomic E-state index is 14.8. The van der Waals surface area contributed by atoms with Gasteiger partial charge in [0.25, 0.3) is 11.8 Å². The number of para-hydroxylation sites is 2. The summed E-state index contributed by atoms with van der Waals surface area (Å²) in [4.78, 5) is 37.6. The molecule has 2 amide bonds. The van der Waals surface area contributed by atoms with Crippen molar-refractivity contribution in [1.82, 2.24) is 14.8 Å². The fourth-order valence-corrected chi connectivity index (χ4v) is 6.67. The SMILES string of the molecule is C=CCC1N(C(=O)c2cnccc2C(F)(F)F)CCCC1(Oc1ccc(Br)c(F)c1)C(=O)N1CCN(c2ccccc2OCCOC)CC1. The molecular formula is C35H37BrF4N4O5. The van der Waals surface area contributed by atoms with Crippen molar-refractivity contribution in [2.45, 2.75) is 37.1 Å². The average Bonchev–Trinajstić information content (AvgIpc) is 3.10. The predicted molar refractivity (Wildman–Crippen MR) is 178 cm³/mol. The number of hydrogen-bond donors (Lipinski definition) is 0. The van der Waals surface area contributed by atoms with Crippen LogP contribution in [0.1, 0.15) is 35.2 Å². The van der Waals surface area contributed by atoms with Gasteiger partial charge in [0, 0.05) is 64.7 Å². The van der Waals surface area contributed by atoms with Crippen LogP contribution in [-0.2, 0) is 15.7 Å². The van der Waals surface area contributed by atoms with Crippen LogP contribution < -0.4 is 14.4 Å². The largest absolute Gasteiger partial charge is 0.489 e. The number of carbonyl (C=O) groups excluding carboxylic acids is 2. The third-order valence-electron chi connectivity index (χ3n) is 8.74.